The van der Waals surface area contributed by atoms with Gasteiger partial charge in [-0.2, -0.15) is 5.10 Å². The normalized spacial score (nSPS) is 10.6. The van der Waals surface area contributed by atoms with E-state index in [0.29, 0.717) is 5.11 Å². The van der Waals surface area contributed by atoms with Gasteiger partial charge in [0, 0.05) is 11.9 Å². The van der Waals surface area contributed by atoms with Crippen molar-refractivity contribution < 1.29 is 0 Å². The highest BCUT2D eigenvalue weighted by Crippen LogP contribution is 2.15. The predicted octanol–water partition coefficient (Wildman–Crippen LogP) is 3.33. The molecule has 2 N–H and O–H groups in total. The van der Waals surface area contributed by atoms with Gasteiger partial charge in [-0.1, -0.05) is 23.8 Å². The Labute approximate surface area is 130 Å². The van der Waals surface area contributed by atoms with Crippen LogP contribution in [0.2, 0.25) is 0 Å². The first-order valence-corrected chi connectivity index (χ1v) is 7.06. The number of benzene rings is 1. The van der Waals surface area contributed by atoms with E-state index in [4.69, 9.17) is 12.2 Å². The van der Waals surface area contributed by atoms with Gasteiger partial charge in [0.05, 0.1) is 11.9 Å². The van der Waals surface area contributed by atoms with Gasteiger partial charge in [-0.15, -0.1) is 0 Å². The van der Waals surface area contributed by atoms with Gasteiger partial charge in [0.2, 0.25) is 0 Å². The summed E-state index contributed by atoms with van der Waals surface area (Å²) in [6, 6.07) is 10.0. The van der Waals surface area contributed by atoms with Crippen molar-refractivity contribution in [2.45, 2.75) is 20.8 Å². The molecule has 21 heavy (non-hydrogen) atoms. The lowest BCUT2D eigenvalue weighted by Crippen LogP contribution is -2.24. The third kappa shape index (κ3) is 4.36. The molecule has 0 amide bonds. The Hall–Kier alpha value is -2.27. The second-order valence-corrected chi connectivity index (χ2v) is 5.26. The molecule has 0 saturated heterocycles. The molecule has 1 aromatic carbocycles. The van der Waals surface area contributed by atoms with Crippen molar-refractivity contribution in [3.63, 3.8) is 0 Å². The van der Waals surface area contributed by atoms with Gasteiger partial charge >= 0.3 is 0 Å². The van der Waals surface area contributed by atoms with E-state index in [1.165, 1.54) is 5.56 Å². The molecule has 0 bridgehead atoms. The summed E-state index contributed by atoms with van der Waals surface area (Å²) < 4.78 is 0. The van der Waals surface area contributed by atoms with E-state index in [1.807, 2.05) is 38.1 Å². The first kappa shape index (κ1) is 15.1. The Morgan fingerprint density at radius 2 is 2.00 bits per heavy atom. The quantitative estimate of drug-likeness (QED) is 0.518. The Morgan fingerprint density at radius 1 is 1.19 bits per heavy atom. The lowest BCUT2D eigenvalue weighted by Gasteiger charge is -2.10. The largest absolute Gasteiger partial charge is 0.331 e. The molecule has 2 rings (SSSR count). The number of nitrogens with one attached hydrogen (secondary N) is 2. The Balaban J connectivity index is 1.95. The van der Waals surface area contributed by atoms with Gasteiger partial charge < -0.3 is 5.32 Å². The first-order valence-electron chi connectivity index (χ1n) is 6.65. The number of hydrogen-bond donors (Lipinski definition) is 2. The average molecular weight is 298 g/mol. The van der Waals surface area contributed by atoms with Gasteiger partial charge in [0.15, 0.2) is 5.11 Å². The van der Waals surface area contributed by atoms with E-state index in [9.17, 15) is 0 Å². The molecule has 108 valence electrons. The van der Waals surface area contributed by atoms with Crippen molar-refractivity contribution in [3.8, 4) is 0 Å². The zero-order valence-corrected chi connectivity index (χ0v) is 13.2. The third-order valence-corrected chi connectivity index (χ3v) is 3.23. The number of pyridine rings is 1. The average Bonchev–Trinajstić information content (AvgIpc) is 2.44. The monoisotopic (exact) mass is 298 g/mol. The topological polar surface area (TPSA) is 49.3 Å². The van der Waals surface area contributed by atoms with Gasteiger partial charge in [0.25, 0.3) is 0 Å². The molecule has 1 heterocycles. The number of aryl methyl sites for hydroxylation is 3. The molecule has 0 atom stereocenters. The fourth-order valence-electron chi connectivity index (χ4n) is 1.89. The van der Waals surface area contributed by atoms with Crippen LogP contribution in [-0.2, 0) is 0 Å². The second-order valence-electron chi connectivity index (χ2n) is 4.85. The standard InChI is InChI=1S/C16H18N4S/c1-11-6-7-14(13(3)9-11)19-16(21)20-18-10-15-12(2)5-4-8-17-15/h4-10H,1-3H3,(H2,19,20,21)/b18-10+. The van der Waals surface area contributed by atoms with Gasteiger partial charge in [0.1, 0.15) is 0 Å². The highest BCUT2D eigenvalue weighted by Gasteiger charge is 2.00. The highest BCUT2D eigenvalue weighted by atomic mass is 32.1. The molecule has 0 spiro atoms. The number of rotatable bonds is 3. The summed E-state index contributed by atoms with van der Waals surface area (Å²) in [5, 5.41) is 7.68. The van der Waals surface area contributed by atoms with Gasteiger partial charge in [-0.25, -0.2) is 0 Å². The maximum absolute atomic E-state index is 5.22. The van der Waals surface area contributed by atoms with Crippen LogP contribution >= 0.6 is 12.2 Å². The minimum absolute atomic E-state index is 0.451. The minimum atomic E-state index is 0.451. The number of thiocarbonyl (C=S) groups is 1. The van der Waals surface area contributed by atoms with Gasteiger partial charge in [-0.3, -0.25) is 10.4 Å². The van der Waals surface area contributed by atoms with Crippen LogP contribution in [0.25, 0.3) is 0 Å². The van der Waals surface area contributed by atoms with E-state index in [2.05, 4.69) is 33.8 Å². The van der Waals surface area contributed by atoms with E-state index in [1.54, 1.807) is 12.4 Å². The summed E-state index contributed by atoms with van der Waals surface area (Å²) in [7, 11) is 0. The Morgan fingerprint density at radius 3 is 2.71 bits per heavy atom. The summed E-state index contributed by atoms with van der Waals surface area (Å²) >= 11 is 5.22. The lowest BCUT2D eigenvalue weighted by molar-refractivity contribution is 1.04. The van der Waals surface area contributed by atoms with Crippen LogP contribution < -0.4 is 10.7 Å². The number of hydrogen-bond acceptors (Lipinski definition) is 3. The molecule has 0 radical (unpaired) electrons. The maximum Gasteiger partial charge on any atom is 0.191 e. The maximum atomic E-state index is 5.22. The molecular weight excluding hydrogens is 280 g/mol. The van der Waals surface area contributed by atoms with Crippen LogP contribution in [0.15, 0.2) is 41.6 Å². The lowest BCUT2D eigenvalue weighted by atomic mass is 10.1. The van der Waals surface area contributed by atoms with Crippen LogP contribution in [-0.4, -0.2) is 16.3 Å². The molecule has 2 aromatic rings. The van der Waals surface area contributed by atoms with Crippen molar-refractivity contribution in [3.05, 3.63) is 58.9 Å². The molecule has 4 nitrogen and oxygen atoms in total. The smallest absolute Gasteiger partial charge is 0.191 e. The van der Waals surface area contributed by atoms with Crippen molar-refractivity contribution >= 4 is 29.2 Å². The second kappa shape index (κ2) is 6.95. The molecule has 0 saturated carbocycles. The van der Waals surface area contributed by atoms with E-state index >= 15 is 0 Å². The van der Waals surface area contributed by atoms with Crippen molar-refractivity contribution in [1.29, 1.82) is 0 Å². The fourth-order valence-corrected chi connectivity index (χ4v) is 2.05. The van der Waals surface area contributed by atoms with Crippen LogP contribution in [0.3, 0.4) is 0 Å². The third-order valence-electron chi connectivity index (χ3n) is 3.03. The summed E-state index contributed by atoms with van der Waals surface area (Å²) in [5.41, 5.74) is 8.02. The molecule has 0 fully saturated rings. The highest BCUT2D eigenvalue weighted by molar-refractivity contribution is 7.80. The summed E-state index contributed by atoms with van der Waals surface area (Å²) in [4.78, 5) is 4.23. The molecule has 5 heteroatoms. The zero-order chi connectivity index (χ0) is 15.2. The zero-order valence-electron chi connectivity index (χ0n) is 12.3. The summed E-state index contributed by atoms with van der Waals surface area (Å²) in [6.45, 7) is 6.09. The Bertz CT molecular complexity index is 680. The number of aromatic nitrogens is 1. The molecular formula is C16H18N4S. The molecule has 1 aromatic heterocycles. The van der Waals surface area contributed by atoms with E-state index in [0.717, 1.165) is 22.5 Å². The molecule has 0 aliphatic heterocycles. The fraction of sp³-hybridized carbons (Fsp3) is 0.188. The minimum Gasteiger partial charge on any atom is -0.331 e. The SMILES string of the molecule is Cc1ccc(NC(=S)N/N=C/c2ncccc2C)c(C)c1. The van der Waals surface area contributed by atoms with Crippen LogP contribution in [0.1, 0.15) is 22.4 Å². The van der Waals surface area contributed by atoms with Crippen molar-refractivity contribution in [2.24, 2.45) is 5.10 Å². The summed E-state index contributed by atoms with van der Waals surface area (Å²) in [6.07, 6.45) is 3.39. The van der Waals surface area contributed by atoms with E-state index < -0.39 is 0 Å². The number of anilines is 1. The van der Waals surface area contributed by atoms with Crippen LogP contribution in [0.5, 0.6) is 0 Å². The summed E-state index contributed by atoms with van der Waals surface area (Å²) in [5.74, 6) is 0. The Kier molecular flexibility index (Phi) is 5.00. The van der Waals surface area contributed by atoms with Crippen molar-refractivity contribution in [1.82, 2.24) is 10.4 Å². The first-order chi connectivity index (χ1) is 10.1. The predicted molar refractivity (Wildman–Crippen MR) is 91.8 cm³/mol. The number of nitrogens with zero attached hydrogens (tertiary/aromatic N) is 2. The molecule has 0 unspecified atom stereocenters. The molecule has 0 aliphatic rings. The van der Waals surface area contributed by atoms with Gasteiger partial charge in [-0.05, 0) is 56.2 Å². The van der Waals surface area contributed by atoms with Crippen molar-refractivity contribution in [2.75, 3.05) is 5.32 Å². The molecule has 0 aliphatic carbocycles. The van der Waals surface area contributed by atoms with Crippen LogP contribution in [0, 0.1) is 20.8 Å². The number of hydrazone groups is 1. The van der Waals surface area contributed by atoms with E-state index in [-0.39, 0.29) is 0 Å². The van der Waals surface area contributed by atoms with Crippen LogP contribution in [0.4, 0.5) is 5.69 Å².